The molecule has 0 saturated heterocycles. The first-order valence-corrected chi connectivity index (χ1v) is 5.50. The van der Waals surface area contributed by atoms with Gasteiger partial charge in [0, 0.05) is 192 Å². The smallest absolute Gasteiger partial charge is 0.326 e. The maximum Gasteiger partial charge on any atom is 0.326 e. The molecule has 0 spiro atoms. The summed E-state index contributed by atoms with van der Waals surface area (Å²) in [6.45, 7) is 3.97. The number of rotatable bonds is 7. The van der Waals surface area contributed by atoms with Crippen molar-refractivity contribution in [3.63, 3.8) is 0 Å². The van der Waals surface area contributed by atoms with Gasteiger partial charge in [0.2, 0.25) is 0 Å². The molecule has 0 saturated carbocycles. The van der Waals surface area contributed by atoms with E-state index in [0.29, 0.717) is 10.5 Å². The van der Waals surface area contributed by atoms with E-state index in [9.17, 15) is 19.2 Å². The van der Waals surface area contributed by atoms with Crippen molar-refractivity contribution in [3.8, 4) is 0 Å². The molecule has 0 atom stereocenters. The molecule has 0 rings (SSSR count). The average Bonchev–Trinajstić information content (AvgIpc) is 2.22. The van der Waals surface area contributed by atoms with Crippen molar-refractivity contribution in [2.24, 2.45) is 0 Å². The van der Waals surface area contributed by atoms with E-state index in [-0.39, 0.29) is 167 Å². The summed E-state index contributed by atoms with van der Waals surface area (Å²) in [5.74, 6) is -2.90. The molecule has 13 heteroatoms. The van der Waals surface area contributed by atoms with E-state index in [2.05, 4.69) is 19.4 Å². The third-order valence-electron chi connectivity index (χ3n) is 1.39. The molecule has 0 unspecified atom stereocenters. The first kappa shape index (κ1) is 33.3. The van der Waals surface area contributed by atoms with E-state index < -0.39 is 23.9 Å². The van der Waals surface area contributed by atoms with E-state index in [0.717, 1.165) is 27.7 Å². The summed E-state index contributed by atoms with van der Waals surface area (Å²) in [5, 5.41) is 1.15. The zero-order valence-electron chi connectivity index (χ0n) is 14.6. The number of carbonyl (C=O) groups is 4. The third-order valence-corrected chi connectivity index (χ3v) is 1.39. The van der Waals surface area contributed by atoms with Crippen LogP contribution in [0.25, 0.3) is 0 Å². The quantitative estimate of drug-likeness (QED) is 0.358. The monoisotopic (exact) mass is 409 g/mol. The van der Waals surface area contributed by atoms with Crippen molar-refractivity contribution in [2.75, 3.05) is 13.1 Å². The van der Waals surface area contributed by atoms with Crippen LogP contribution in [-0.4, -0.2) is 202 Å². The Balaban J connectivity index is -0.000000602. The molecule has 0 aromatic rings. The van der Waals surface area contributed by atoms with Gasteiger partial charge in [-0.05, 0) is 0 Å². The second kappa shape index (κ2) is 19.5. The fourth-order valence-electron chi connectivity index (χ4n) is 0.957. The van der Waals surface area contributed by atoms with Gasteiger partial charge < -0.3 is 19.4 Å². The van der Waals surface area contributed by atoms with Gasteiger partial charge in [0.1, 0.15) is 0 Å². The van der Waals surface area contributed by atoms with Crippen molar-refractivity contribution >= 4 is 178 Å². The van der Waals surface area contributed by atoms with Gasteiger partial charge >= 0.3 is 23.9 Å². The topological polar surface area (TPSA) is 112 Å². The Morgan fingerprint density at radius 3 is 0.870 bits per heavy atom. The fourth-order valence-corrected chi connectivity index (χ4v) is 0.957. The maximum atomic E-state index is 10.8. The molecule has 10 nitrogen and oxygen atoms in total. The molecule has 23 heavy (non-hydrogen) atoms. The molecular weight excluding hydrogens is 393 g/mol. The minimum Gasteiger partial charge on any atom is -0.333 e. The first-order valence-electron chi connectivity index (χ1n) is 5.50. The molecule has 3 radical (unpaired) electrons. The molecule has 0 heterocycles. The number of hydroxylamine groups is 4. The maximum absolute atomic E-state index is 10.8. The van der Waals surface area contributed by atoms with Gasteiger partial charge in [-0.15, -0.1) is 0 Å². The van der Waals surface area contributed by atoms with Gasteiger partial charge in [0.15, 0.2) is 0 Å². The van der Waals surface area contributed by atoms with Crippen LogP contribution in [0.15, 0.2) is 0 Å². The summed E-state index contributed by atoms with van der Waals surface area (Å²) in [6, 6.07) is 0. The largest absolute Gasteiger partial charge is 0.333 e. The Bertz CT molecular complexity index is 328. The summed E-state index contributed by atoms with van der Waals surface area (Å²) >= 11 is 0. The van der Waals surface area contributed by atoms with Crippen molar-refractivity contribution < 1.29 is 38.5 Å². The molecule has 0 N–H and O–H groups in total. The Kier molecular flexibility index (Phi) is 28.2. The second-order valence-electron chi connectivity index (χ2n) is 3.44. The summed E-state index contributed by atoms with van der Waals surface area (Å²) in [5.41, 5.74) is 0. The molecule has 0 aliphatic heterocycles. The molecule has 0 fully saturated rings. The van der Waals surface area contributed by atoms with Crippen LogP contribution in [0.3, 0.4) is 0 Å². The van der Waals surface area contributed by atoms with Crippen LogP contribution in [0.2, 0.25) is 0 Å². The summed E-state index contributed by atoms with van der Waals surface area (Å²) in [4.78, 5) is 61.4. The number of carbonyl (C=O) groups excluding carboxylic acids is 4. The van der Waals surface area contributed by atoms with Gasteiger partial charge in [-0.1, -0.05) is 0 Å². The summed E-state index contributed by atoms with van der Waals surface area (Å²) in [6.07, 6.45) is 0. The van der Waals surface area contributed by atoms with E-state index in [1.165, 1.54) is 0 Å². The van der Waals surface area contributed by atoms with Crippen molar-refractivity contribution in [1.82, 2.24) is 10.5 Å². The molecule has 0 aliphatic carbocycles. The summed E-state index contributed by atoms with van der Waals surface area (Å²) < 4.78 is 0. The van der Waals surface area contributed by atoms with Crippen molar-refractivity contribution in [1.29, 1.82) is 0 Å². The van der Waals surface area contributed by atoms with Gasteiger partial charge in [0.25, 0.3) is 0 Å². The SMILES string of the molecule is CC(=O)ON(CCN(OC(C)=O)OC(C)=O)OC(C)=O.[K].[K].[K]. The number of hydrogen-bond donors (Lipinski definition) is 0. The Morgan fingerprint density at radius 1 is 0.565 bits per heavy atom. The molecule has 117 valence electrons. The van der Waals surface area contributed by atoms with Gasteiger partial charge in [-0.25, -0.2) is 0 Å². The van der Waals surface area contributed by atoms with Crippen molar-refractivity contribution in [3.05, 3.63) is 0 Å². The zero-order valence-corrected chi connectivity index (χ0v) is 23.9. The van der Waals surface area contributed by atoms with Crippen molar-refractivity contribution in [2.45, 2.75) is 27.7 Å². The van der Waals surface area contributed by atoms with Crippen LogP contribution in [0.5, 0.6) is 0 Å². The van der Waals surface area contributed by atoms with E-state index in [1.807, 2.05) is 0 Å². The predicted molar refractivity (Wildman–Crippen MR) is 77.7 cm³/mol. The van der Waals surface area contributed by atoms with E-state index in [4.69, 9.17) is 0 Å². The van der Waals surface area contributed by atoms with Gasteiger partial charge in [-0.2, -0.15) is 0 Å². The van der Waals surface area contributed by atoms with Crippen LogP contribution in [0, 0.1) is 0 Å². The standard InChI is InChI=1S/C10H16N2O8.3K/c1-7(13)17-11(18-8(2)14)5-6-12(19-9(3)15)20-10(4)16;;;/h5-6H2,1-4H3;;;. The molecule has 0 bridgehead atoms. The Labute approximate surface area is 261 Å². The van der Waals surface area contributed by atoms with Gasteiger partial charge in [-0.3, -0.25) is 19.2 Å². The molecular formula is C10H16K3N2O8. The number of hydrogen-bond acceptors (Lipinski definition) is 10. The van der Waals surface area contributed by atoms with Crippen LogP contribution in [0.1, 0.15) is 27.7 Å². The van der Waals surface area contributed by atoms with Crippen LogP contribution in [-0.2, 0) is 38.5 Å². The first-order chi connectivity index (χ1) is 9.20. The molecule has 0 aromatic carbocycles. The minimum absolute atomic E-state index is 0. The molecule has 0 amide bonds. The van der Waals surface area contributed by atoms with Crippen LogP contribution in [0.4, 0.5) is 0 Å². The van der Waals surface area contributed by atoms with Crippen LogP contribution < -0.4 is 0 Å². The Hall–Kier alpha value is 2.71. The molecule has 0 aromatic heterocycles. The fraction of sp³-hybridized carbons (Fsp3) is 0.600. The molecule has 0 aliphatic rings. The number of nitrogens with zero attached hydrogens (tertiary/aromatic N) is 2. The van der Waals surface area contributed by atoms with Crippen LogP contribution >= 0.6 is 0 Å². The predicted octanol–water partition coefficient (Wildman–Crippen LogP) is -1.64. The second-order valence-corrected chi connectivity index (χ2v) is 3.44. The minimum atomic E-state index is -0.724. The zero-order chi connectivity index (χ0) is 15.7. The Morgan fingerprint density at radius 2 is 0.739 bits per heavy atom. The van der Waals surface area contributed by atoms with E-state index >= 15 is 0 Å². The average molecular weight is 410 g/mol. The summed E-state index contributed by atoms with van der Waals surface area (Å²) in [7, 11) is 0. The third kappa shape index (κ3) is 22.7. The normalized spacial score (nSPS) is 8.78. The van der Waals surface area contributed by atoms with E-state index in [1.54, 1.807) is 0 Å². The van der Waals surface area contributed by atoms with Gasteiger partial charge in [0.05, 0.1) is 13.1 Å².